The molecule has 31 heavy (non-hydrogen) atoms. The summed E-state index contributed by atoms with van der Waals surface area (Å²) >= 11 is 0. The van der Waals surface area contributed by atoms with Crippen LogP contribution in [-0.4, -0.2) is 48.7 Å². The van der Waals surface area contributed by atoms with E-state index in [1.54, 1.807) is 0 Å². The number of aromatic nitrogens is 1. The molecule has 0 unspecified atom stereocenters. The molecule has 0 aliphatic carbocycles. The van der Waals surface area contributed by atoms with Crippen molar-refractivity contribution in [1.29, 1.82) is 5.26 Å². The monoisotopic (exact) mass is 457 g/mol. The second-order valence-corrected chi connectivity index (χ2v) is 9.90. The standard InChI is InChI=1S/C18H16BN5O5S2/c19-12-3-6-15-14(9-12)17(16(24-15)18(21)25)31(28,29)23-8-7-22-30(26,27)13-4-1-11(10-20)2-5-13/h1-6,9,22-24H,7-8H2,(H2,21,25). The Hall–Kier alpha value is -3.18. The summed E-state index contributed by atoms with van der Waals surface area (Å²) in [6, 6.07) is 11.6. The largest absolute Gasteiger partial charge is 0.364 e. The van der Waals surface area contributed by atoms with E-state index in [4.69, 9.17) is 18.8 Å². The zero-order chi connectivity index (χ0) is 22.8. The number of sulfonamides is 2. The zero-order valence-electron chi connectivity index (χ0n) is 15.9. The molecule has 1 aromatic heterocycles. The Bertz CT molecular complexity index is 1410. The van der Waals surface area contributed by atoms with Crippen molar-refractivity contribution in [3.05, 3.63) is 53.7 Å². The highest BCUT2D eigenvalue weighted by Crippen LogP contribution is 2.26. The Labute approximate surface area is 180 Å². The van der Waals surface area contributed by atoms with Gasteiger partial charge in [0.2, 0.25) is 20.0 Å². The summed E-state index contributed by atoms with van der Waals surface area (Å²) in [6.07, 6.45) is 0. The average molecular weight is 457 g/mol. The van der Waals surface area contributed by atoms with Crippen LogP contribution in [0.25, 0.3) is 10.9 Å². The van der Waals surface area contributed by atoms with E-state index in [-0.39, 0.29) is 39.4 Å². The van der Waals surface area contributed by atoms with Gasteiger partial charge in [-0.15, -0.1) is 0 Å². The minimum Gasteiger partial charge on any atom is -0.364 e. The molecule has 0 bridgehead atoms. The summed E-state index contributed by atoms with van der Waals surface area (Å²) in [5.41, 5.74) is 5.93. The Morgan fingerprint density at radius 1 is 1.03 bits per heavy atom. The number of nitriles is 1. The molecule has 0 fully saturated rings. The predicted molar refractivity (Wildman–Crippen MR) is 114 cm³/mol. The molecule has 3 rings (SSSR count). The summed E-state index contributed by atoms with van der Waals surface area (Å²) < 4.78 is 54.7. The van der Waals surface area contributed by atoms with Gasteiger partial charge in [-0.25, -0.2) is 26.3 Å². The molecule has 158 valence electrons. The van der Waals surface area contributed by atoms with Crippen molar-refractivity contribution in [2.24, 2.45) is 5.73 Å². The van der Waals surface area contributed by atoms with E-state index in [0.29, 0.717) is 11.1 Å². The lowest BCUT2D eigenvalue weighted by molar-refractivity contribution is 0.0993. The van der Waals surface area contributed by atoms with Gasteiger partial charge >= 0.3 is 0 Å². The van der Waals surface area contributed by atoms with Crippen molar-refractivity contribution >= 4 is 50.2 Å². The maximum atomic E-state index is 12.8. The third-order valence-corrected chi connectivity index (χ3v) is 7.32. The first kappa shape index (κ1) is 22.5. The molecule has 3 aromatic rings. The molecule has 0 aliphatic rings. The van der Waals surface area contributed by atoms with Gasteiger partial charge in [0.15, 0.2) is 0 Å². The number of aromatic amines is 1. The summed E-state index contributed by atoms with van der Waals surface area (Å²) in [6.45, 7) is -0.566. The Morgan fingerprint density at radius 2 is 1.65 bits per heavy atom. The van der Waals surface area contributed by atoms with E-state index in [1.165, 1.54) is 42.5 Å². The second-order valence-electron chi connectivity index (χ2n) is 6.43. The van der Waals surface area contributed by atoms with Crippen LogP contribution in [0, 0.1) is 11.3 Å². The van der Waals surface area contributed by atoms with Crippen LogP contribution < -0.4 is 20.6 Å². The second kappa shape index (κ2) is 8.52. The molecule has 0 saturated heterocycles. The van der Waals surface area contributed by atoms with Crippen LogP contribution in [0.1, 0.15) is 16.1 Å². The number of fused-ring (bicyclic) bond motifs is 1. The maximum absolute atomic E-state index is 12.8. The first-order chi connectivity index (χ1) is 14.5. The SMILES string of the molecule is [B]c1ccc2[nH]c(C(N)=O)c(S(=O)(=O)NCCNS(=O)(=O)c3ccc(C#N)cc3)c2c1. The molecule has 5 N–H and O–H groups in total. The molecule has 2 radical (unpaired) electrons. The summed E-state index contributed by atoms with van der Waals surface area (Å²) in [5, 5.41) is 8.96. The van der Waals surface area contributed by atoms with Gasteiger partial charge < -0.3 is 10.7 Å². The number of carbonyl (C=O) groups excluding carboxylic acids is 1. The molecule has 0 spiro atoms. The summed E-state index contributed by atoms with van der Waals surface area (Å²) in [7, 11) is -2.42. The molecule has 1 heterocycles. The van der Waals surface area contributed by atoms with Gasteiger partial charge in [-0.1, -0.05) is 17.6 Å². The number of amides is 1. The quantitative estimate of drug-likeness (QED) is 0.254. The van der Waals surface area contributed by atoms with Crippen LogP contribution in [-0.2, 0) is 20.0 Å². The number of carbonyl (C=O) groups is 1. The highest BCUT2D eigenvalue weighted by atomic mass is 32.2. The van der Waals surface area contributed by atoms with E-state index in [1.807, 2.05) is 6.07 Å². The lowest BCUT2D eigenvalue weighted by Crippen LogP contribution is -2.35. The Balaban J connectivity index is 1.76. The third kappa shape index (κ3) is 4.78. The number of hydrogen-bond acceptors (Lipinski definition) is 6. The number of nitrogens with two attached hydrogens (primary N) is 1. The van der Waals surface area contributed by atoms with Crippen molar-refractivity contribution in [1.82, 2.24) is 14.4 Å². The maximum Gasteiger partial charge on any atom is 0.266 e. The lowest BCUT2D eigenvalue weighted by Gasteiger charge is -2.09. The molecule has 10 nitrogen and oxygen atoms in total. The van der Waals surface area contributed by atoms with Crippen LogP contribution in [0.2, 0.25) is 0 Å². The topological polar surface area (TPSA) is 175 Å². The molecule has 2 aromatic carbocycles. The van der Waals surface area contributed by atoms with Crippen LogP contribution in [0.3, 0.4) is 0 Å². The molecule has 1 amide bonds. The number of benzene rings is 2. The molecule has 0 aliphatic heterocycles. The number of rotatable bonds is 8. The van der Waals surface area contributed by atoms with Gasteiger partial charge in [-0.05, 0) is 30.3 Å². The number of primary amides is 1. The molecule has 0 saturated carbocycles. The summed E-state index contributed by atoms with van der Waals surface area (Å²) in [5.74, 6) is -0.975. The Kier molecular flexibility index (Phi) is 6.19. The van der Waals surface area contributed by atoms with Crippen molar-refractivity contribution in [3.8, 4) is 6.07 Å². The highest BCUT2D eigenvalue weighted by Gasteiger charge is 2.27. The minimum absolute atomic E-state index is 0.0718. The van der Waals surface area contributed by atoms with Gasteiger partial charge in [0, 0.05) is 24.0 Å². The van der Waals surface area contributed by atoms with Crippen molar-refractivity contribution in [2.45, 2.75) is 9.79 Å². The number of H-pyrrole nitrogens is 1. The van der Waals surface area contributed by atoms with E-state index in [9.17, 15) is 21.6 Å². The van der Waals surface area contributed by atoms with Gasteiger partial charge in [-0.2, -0.15) is 5.26 Å². The average Bonchev–Trinajstić information content (AvgIpc) is 3.11. The predicted octanol–water partition coefficient (Wildman–Crippen LogP) is -0.811. The molecular formula is C18H16BN5O5S2. The van der Waals surface area contributed by atoms with Gasteiger partial charge in [0.25, 0.3) is 5.91 Å². The number of nitrogens with one attached hydrogen (secondary N) is 3. The van der Waals surface area contributed by atoms with Gasteiger partial charge in [0.05, 0.1) is 16.5 Å². The van der Waals surface area contributed by atoms with E-state index in [0.717, 1.165) is 0 Å². The third-order valence-electron chi connectivity index (χ3n) is 4.29. The van der Waals surface area contributed by atoms with E-state index in [2.05, 4.69) is 14.4 Å². The van der Waals surface area contributed by atoms with Crippen LogP contribution in [0.5, 0.6) is 0 Å². The summed E-state index contributed by atoms with van der Waals surface area (Å²) in [4.78, 5) is 14.0. The molecular weight excluding hydrogens is 441 g/mol. The lowest BCUT2D eigenvalue weighted by atomic mass is 9.95. The Morgan fingerprint density at radius 3 is 2.23 bits per heavy atom. The smallest absolute Gasteiger partial charge is 0.266 e. The van der Waals surface area contributed by atoms with Gasteiger partial charge in [0.1, 0.15) is 18.4 Å². The van der Waals surface area contributed by atoms with E-state index >= 15 is 0 Å². The molecule has 0 atom stereocenters. The fourth-order valence-electron chi connectivity index (χ4n) is 2.87. The van der Waals surface area contributed by atoms with Crippen LogP contribution >= 0.6 is 0 Å². The van der Waals surface area contributed by atoms with Crippen molar-refractivity contribution in [2.75, 3.05) is 13.1 Å². The van der Waals surface area contributed by atoms with Crippen molar-refractivity contribution < 1.29 is 21.6 Å². The number of hydrogen-bond donors (Lipinski definition) is 4. The first-order valence-corrected chi connectivity index (χ1v) is 11.7. The molecule has 13 heteroatoms. The fourth-order valence-corrected chi connectivity index (χ4v) is 5.30. The fraction of sp³-hybridized carbons (Fsp3) is 0.111. The first-order valence-electron chi connectivity index (χ1n) is 8.75. The normalized spacial score (nSPS) is 12.0. The van der Waals surface area contributed by atoms with E-state index < -0.39 is 26.0 Å². The number of nitrogens with zero attached hydrogens (tertiary/aromatic N) is 1. The van der Waals surface area contributed by atoms with Gasteiger partial charge in [-0.3, -0.25) is 4.79 Å². The van der Waals surface area contributed by atoms with Crippen LogP contribution in [0.4, 0.5) is 0 Å². The highest BCUT2D eigenvalue weighted by molar-refractivity contribution is 7.90. The minimum atomic E-state index is -4.24. The van der Waals surface area contributed by atoms with Crippen LogP contribution in [0.15, 0.2) is 52.3 Å². The zero-order valence-corrected chi connectivity index (χ0v) is 17.5. The van der Waals surface area contributed by atoms with Crippen molar-refractivity contribution in [3.63, 3.8) is 0 Å².